The van der Waals surface area contributed by atoms with E-state index in [9.17, 15) is 14.0 Å². The van der Waals surface area contributed by atoms with Gasteiger partial charge in [-0.05, 0) is 78.9 Å². The second-order valence-electron chi connectivity index (χ2n) is 8.12. The van der Waals surface area contributed by atoms with Crippen LogP contribution in [0.15, 0.2) is 72.4 Å². The number of rotatable bonds is 7. The molecule has 0 atom stereocenters. The molecule has 0 bridgehead atoms. The highest BCUT2D eigenvalue weighted by molar-refractivity contribution is 6.36. The van der Waals surface area contributed by atoms with Crippen LogP contribution in [-0.4, -0.2) is 30.4 Å². The number of halogens is 1. The molecule has 0 spiro atoms. The minimum atomic E-state index is -0.382. The normalized spacial score (nSPS) is 13.6. The van der Waals surface area contributed by atoms with Crippen LogP contribution in [0.5, 0.6) is 5.75 Å². The standard InChI is InChI=1S/C27H25FN2O3/c1-17-14-18(2)16-22(15-17)29-25-24(20-6-10-23(33-3)11-7-20)26(31)30(27(25)32)13-12-19-4-8-21(28)9-5-19/h4-11,14-16,29H,12-13H2,1-3H3. The molecule has 0 saturated heterocycles. The van der Waals surface area contributed by atoms with E-state index in [1.807, 2.05) is 32.0 Å². The van der Waals surface area contributed by atoms with Gasteiger partial charge in [0, 0.05) is 12.2 Å². The van der Waals surface area contributed by atoms with Crippen molar-refractivity contribution in [2.24, 2.45) is 0 Å². The van der Waals surface area contributed by atoms with Gasteiger partial charge in [0.1, 0.15) is 17.3 Å². The van der Waals surface area contributed by atoms with Gasteiger partial charge in [-0.2, -0.15) is 0 Å². The molecule has 2 amide bonds. The van der Waals surface area contributed by atoms with Crippen molar-refractivity contribution in [3.05, 3.63) is 100 Å². The Morgan fingerprint density at radius 1 is 0.879 bits per heavy atom. The van der Waals surface area contributed by atoms with Crippen LogP contribution >= 0.6 is 0 Å². The number of hydrogen-bond donors (Lipinski definition) is 1. The largest absolute Gasteiger partial charge is 0.497 e. The number of hydrogen-bond acceptors (Lipinski definition) is 4. The maximum atomic E-state index is 13.4. The SMILES string of the molecule is COc1ccc(C2=C(Nc3cc(C)cc(C)c3)C(=O)N(CCc3ccc(F)cc3)C2=O)cc1. The molecule has 0 aromatic heterocycles. The van der Waals surface area contributed by atoms with E-state index in [2.05, 4.69) is 5.32 Å². The number of carbonyl (C=O) groups is 2. The van der Waals surface area contributed by atoms with Crippen molar-refractivity contribution in [2.45, 2.75) is 20.3 Å². The molecule has 5 nitrogen and oxygen atoms in total. The van der Waals surface area contributed by atoms with Crippen molar-refractivity contribution >= 4 is 23.1 Å². The quantitative estimate of drug-likeness (QED) is 0.528. The Hall–Kier alpha value is -3.93. The fraction of sp³-hybridized carbons (Fsp3) is 0.185. The maximum absolute atomic E-state index is 13.4. The van der Waals surface area contributed by atoms with Crippen LogP contribution in [0.1, 0.15) is 22.3 Å². The van der Waals surface area contributed by atoms with Crippen LogP contribution in [0.25, 0.3) is 5.57 Å². The number of anilines is 1. The zero-order valence-electron chi connectivity index (χ0n) is 18.8. The average Bonchev–Trinajstić information content (AvgIpc) is 3.02. The number of aryl methyl sites for hydroxylation is 2. The van der Waals surface area contributed by atoms with E-state index in [0.29, 0.717) is 23.3 Å². The number of nitrogens with one attached hydrogen (secondary N) is 1. The summed E-state index contributed by atoms with van der Waals surface area (Å²) in [6.45, 7) is 4.15. The number of imide groups is 1. The van der Waals surface area contributed by atoms with Crippen LogP contribution in [0.2, 0.25) is 0 Å². The minimum Gasteiger partial charge on any atom is -0.497 e. The molecule has 4 rings (SSSR count). The summed E-state index contributed by atoms with van der Waals surface area (Å²) in [5.74, 6) is -0.408. The van der Waals surface area contributed by atoms with Crippen LogP contribution in [0.3, 0.4) is 0 Å². The van der Waals surface area contributed by atoms with Gasteiger partial charge in [0.15, 0.2) is 0 Å². The van der Waals surface area contributed by atoms with Crippen LogP contribution in [0, 0.1) is 19.7 Å². The molecule has 0 unspecified atom stereocenters. The second kappa shape index (κ2) is 9.28. The number of methoxy groups -OCH3 is 1. The van der Waals surface area contributed by atoms with Gasteiger partial charge >= 0.3 is 0 Å². The third kappa shape index (κ3) is 4.80. The van der Waals surface area contributed by atoms with Gasteiger partial charge in [-0.1, -0.05) is 30.3 Å². The van der Waals surface area contributed by atoms with E-state index in [0.717, 1.165) is 22.4 Å². The van der Waals surface area contributed by atoms with Crippen molar-refractivity contribution in [1.29, 1.82) is 0 Å². The lowest BCUT2D eigenvalue weighted by Crippen LogP contribution is -2.34. The number of ether oxygens (including phenoxy) is 1. The predicted molar refractivity (Wildman–Crippen MR) is 126 cm³/mol. The van der Waals surface area contributed by atoms with E-state index in [4.69, 9.17) is 4.74 Å². The molecule has 33 heavy (non-hydrogen) atoms. The van der Waals surface area contributed by atoms with Gasteiger partial charge in [-0.3, -0.25) is 14.5 Å². The molecule has 1 aliphatic heterocycles. The molecule has 1 heterocycles. The van der Waals surface area contributed by atoms with Crippen molar-refractivity contribution in [1.82, 2.24) is 4.90 Å². The summed E-state index contributed by atoms with van der Waals surface area (Å²) in [6.07, 6.45) is 0.435. The van der Waals surface area contributed by atoms with Crippen molar-refractivity contribution < 1.29 is 18.7 Å². The lowest BCUT2D eigenvalue weighted by atomic mass is 10.0. The number of amides is 2. The molecule has 1 N–H and O–H groups in total. The predicted octanol–water partition coefficient (Wildman–Crippen LogP) is 4.89. The lowest BCUT2D eigenvalue weighted by Gasteiger charge is -2.15. The summed E-state index contributed by atoms with van der Waals surface area (Å²) in [5, 5.41) is 3.20. The van der Waals surface area contributed by atoms with Gasteiger partial charge in [0.05, 0.1) is 12.7 Å². The fourth-order valence-electron chi connectivity index (χ4n) is 4.00. The number of benzene rings is 3. The monoisotopic (exact) mass is 444 g/mol. The molecule has 1 aliphatic rings. The van der Waals surface area contributed by atoms with Gasteiger partial charge < -0.3 is 10.1 Å². The summed E-state index contributed by atoms with van der Waals surface area (Å²) in [4.78, 5) is 28.0. The topological polar surface area (TPSA) is 58.6 Å². The number of carbonyl (C=O) groups excluding carboxylic acids is 2. The summed E-state index contributed by atoms with van der Waals surface area (Å²) >= 11 is 0. The van der Waals surface area contributed by atoms with Gasteiger partial charge in [-0.25, -0.2) is 4.39 Å². The van der Waals surface area contributed by atoms with Crippen molar-refractivity contribution in [2.75, 3.05) is 19.0 Å². The summed E-state index contributed by atoms with van der Waals surface area (Å²) < 4.78 is 18.4. The van der Waals surface area contributed by atoms with Crippen LogP contribution < -0.4 is 10.1 Å². The maximum Gasteiger partial charge on any atom is 0.278 e. The Kier molecular flexibility index (Phi) is 6.27. The Morgan fingerprint density at radius 3 is 2.12 bits per heavy atom. The van der Waals surface area contributed by atoms with Gasteiger partial charge in [0.25, 0.3) is 11.8 Å². The summed E-state index contributed by atoms with van der Waals surface area (Å²) in [6, 6.07) is 19.0. The highest BCUT2D eigenvalue weighted by Gasteiger charge is 2.39. The fourth-order valence-corrected chi connectivity index (χ4v) is 4.00. The first-order valence-corrected chi connectivity index (χ1v) is 10.7. The Labute approximate surface area is 192 Å². The highest BCUT2D eigenvalue weighted by atomic mass is 19.1. The summed E-state index contributed by atoms with van der Waals surface area (Å²) in [7, 11) is 1.57. The molecule has 3 aromatic carbocycles. The molecule has 168 valence electrons. The molecule has 6 heteroatoms. The third-order valence-corrected chi connectivity index (χ3v) is 5.58. The highest BCUT2D eigenvalue weighted by Crippen LogP contribution is 2.32. The molecule has 0 fully saturated rings. The molecular formula is C27H25FN2O3. The first-order chi connectivity index (χ1) is 15.9. The van der Waals surface area contributed by atoms with E-state index in [1.165, 1.54) is 17.0 Å². The van der Waals surface area contributed by atoms with E-state index in [-0.39, 0.29) is 29.9 Å². The second-order valence-corrected chi connectivity index (χ2v) is 8.12. The Morgan fingerprint density at radius 2 is 1.52 bits per heavy atom. The average molecular weight is 445 g/mol. The number of nitrogens with zero attached hydrogens (tertiary/aromatic N) is 1. The minimum absolute atomic E-state index is 0.195. The zero-order valence-corrected chi connectivity index (χ0v) is 18.8. The lowest BCUT2D eigenvalue weighted by molar-refractivity contribution is -0.136. The van der Waals surface area contributed by atoms with E-state index >= 15 is 0 Å². The molecule has 3 aromatic rings. The van der Waals surface area contributed by atoms with E-state index < -0.39 is 0 Å². The first kappa shape index (κ1) is 22.3. The smallest absolute Gasteiger partial charge is 0.278 e. The molecular weight excluding hydrogens is 419 g/mol. The Bertz CT molecular complexity index is 1210. The zero-order chi connectivity index (χ0) is 23.5. The first-order valence-electron chi connectivity index (χ1n) is 10.7. The van der Waals surface area contributed by atoms with Crippen molar-refractivity contribution in [3.63, 3.8) is 0 Å². The van der Waals surface area contributed by atoms with Crippen LogP contribution in [0.4, 0.5) is 10.1 Å². The van der Waals surface area contributed by atoms with Crippen molar-refractivity contribution in [3.8, 4) is 5.75 Å². The third-order valence-electron chi connectivity index (χ3n) is 5.58. The van der Waals surface area contributed by atoms with Gasteiger partial charge in [-0.15, -0.1) is 0 Å². The Balaban J connectivity index is 1.67. The molecule has 0 radical (unpaired) electrons. The van der Waals surface area contributed by atoms with Crippen LogP contribution in [-0.2, 0) is 16.0 Å². The molecule has 0 saturated carbocycles. The van der Waals surface area contributed by atoms with Gasteiger partial charge in [0.2, 0.25) is 0 Å². The van der Waals surface area contributed by atoms with E-state index in [1.54, 1.807) is 43.5 Å². The molecule has 0 aliphatic carbocycles. The summed E-state index contributed by atoms with van der Waals surface area (Å²) in [5.41, 5.74) is 4.89.